The highest BCUT2D eigenvalue weighted by molar-refractivity contribution is 7.80. The van der Waals surface area contributed by atoms with E-state index in [1.54, 1.807) is 6.20 Å². The van der Waals surface area contributed by atoms with Crippen LogP contribution in [0.15, 0.2) is 41.4 Å². The number of nitrogens with one attached hydrogen (secondary N) is 1. The Balaban J connectivity index is 1.44. The number of likely N-dealkylation sites (tertiary alicyclic amines) is 1. The molecule has 1 N–H and O–H groups in total. The highest BCUT2D eigenvalue weighted by Crippen LogP contribution is 2.19. The fourth-order valence-corrected chi connectivity index (χ4v) is 3.30. The lowest BCUT2D eigenvalue weighted by molar-refractivity contribution is 0.237. The van der Waals surface area contributed by atoms with Gasteiger partial charge in [-0.25, -0.2) is 4.98 Å². The number of ether oxygens (including phenoxy) is 1. The molecule has 0 aliphatic carbocycles. The molecule has 3 aromatic rings. The van der Waals surface area contributed by atoms with Crippen molar-refractivity contribution in [1.29, 1.82) is 0 Å². The summed E-state index contributed by atoms with van der Waals surface area (Å²) in [6.07, 6.45) is 4.32. The van der Waals surface area contributed by atoms with E-state index in [4.69, 9.17) is 4.74 Å². The van der Waals surface area contributed by atoms with E-state index in [0.29, 0.717) is 18.0 Å². The van der Waals surface area contributed by atoms with Crippen LogP contribution in [0.5, 0.6) is 5.75 Å². The summed E-state index contributed by atoms with van der Waals surface area (Å²) in [5.74, 6) is 6.96. The van der Waals surface area contributed by atoms with Gasteiger partial charge in [0.05, 0.1) is 5.52 Å². The van der Waals surface area contributed by atoms with Crippen LogP contribution in [0.4, 0.5) is 0 Å². The van der Waals surface area contributed by atoms with Gasteiger partial charge in [-0.05, 0) is 62.0 Å². The van der Waals surface area contributed by atoms with Gasteiger partial charge >= 0.3 is 0 Å². The van der Waals surface area contributed by atoms with Crippen molar-refractivity contribution in [2.24, 2.45) is 0 Å². The zero-order valence-corrected chi connectivity index (χ0v) is 15.3. The summed E-state index contributed by atoms with van der Waals surface area (Å²) in [7, 11) is 0. The van der Waals surface area contributed by atoms with Crippen LogP contribution in [0.3, 0.4) is 0 Å². The van der Waals surface area contributed by atoms with Crippen molar-refractivity contribution in [1.82, 2.24) is 20.1 Å². The Labute approximate surface area is 158 Å². The molecule has 0 spiro atoms. The fourth-order valence-electron chi connectivity index (χ4n) is 3.09. The second kappa shape index (κ2) is 7.81. The lowest BCUT2D eigenvalue weighted by Crippen LogP contribution is -2.25. The Hall–Kier alpha value is -2.49. The van der Waals surface area contributed by atoms with E-state index in [9.17, 15) is 0 Å². The Morgan fingerprint density at radius 3 is 2.92 bits per heavy atom. The quantitative estimate of drug-likeness (QED) is 0.552. The minimum absolute atomic E-state index is 0.672. The third kappa shape index (κ3) is 4.01. The Kier molecular flexibility index (Phi) is 5.09. The predicted molar refractivity (Wildman–Crippen MR) is 105 cm³/mol. The third-order valence-corrected chi connectivity index (χ3v) is 4.74. The van der Waals surface area contributed by atoms with E-state index in [2.05, 4.69) is 44.6 Å². The zero-order chi connectivity index (χ0) is 17.8. The summed E-state index contributed by atoms with van der Waals surface area (Å²) in [6.45, 7) is 4.02. The number of fused-ring (bicyclic) bond motifs is 1. The van der Waals surface area contributed by atoms with Gasteiger partial charge in [-0.15, -0.1) is 12.6 Å². The van der Waals surface area contributed by atoms with E-state index in [1.807, 2.05) is 30.3 Å². The molecule has 5 nitrogen and oxygen atoms in total. The summed E-state index contributed by atoms with van der Waals surface area (Å²) in [5.41, 5.74) is 2.30. The summed E-state index contributed by atoms with van der Waals surface area (Å²) < 4.78 is 5.85. The monoisotopic (exact) mass is 364 g/mol. The highest BCUT2D eigenvalue weighted by atomic mass is 32.1. The van der Waals surface area contributed by atoms with E-state index < -0.39 is 0 Å². The summed E-state index contributed by atoms with van der Waals surface area (Å²) in [6, 6.07) is 9.57. The van der Waals surface area contributed by atoms with Crippen molar-refractivity contribution in [2.75, 3.05) is 26.2 Å². The van der Waals surface area contributed by atoms with Gasteiger partial charge in [0.1, 0.15) is 23.7 Å². The number of pyridine rings is 1. The average Bonchev–Trinajstić information content (AvgIpc) is 3.30. The van der Waals surface area contributed by atoms with Gasteiger partial charge in [-0.2, -0.15) is 5.10 Å². The standard InChI is InChI=1S/C20H20N4OS/c26-17-4-5-18-19(22-23-20(18)14-17)6-3-15-13-16(7-8-21-15)25-12-11-24-9-1-2-10-24/h4-5,7-8,13-14,26H,1-2,9-12H2,(H,22,23). The lowest BCUT2D eigenvalue weighted by atomic mass is 10.2. The van der Waals surface area contributed by atoms with Crippen molar-refractivity contribution in [3.05, 3.63) is 47.9 Å². The van der Waals surface area contributed by atoms with Crippen molar-refractivity contribution < 1.29 is 4.74 Å². The smallest absolute Gasteiger partial charge is 0.143 e. The van der Waals surface area contributed by atoms with Gasteiger partial charge in [0, 0.05) is 29.1 Å². The van der Waals surface area contributed by atoms with Crippen LogP contribution in [0.1, 0.15) is 24.2 Å². The predicted octanol–water partition coefficient (Wildman–Crippen LogP) is 3.12. The van der Waals surface area contributed by atoms with Crippen molar-refractivity contribution in [2.45, 2.75) is 17.7 Å². The van der Waals surface area contributed by atoms with E-state index >= 15 is 0 Å². The van der Waals surface area contributed by atoms with Gasteiger partial charge in [0.2, 0.25) is 0 Å². The minimum atomic E-state index is 0.672. The molecule has 6 heteroatoms. The number of aromatic amines is 1. The summed E-state index contributed by atoms with van der Waals surface area (Å²) in [5, 5.41) is 8.23. The van der Waals surface area contributed by atoms with Gasteiger partial charge in [0.15, 0.2) is 0 Å². The molecule has 1 aliphatic rings. The topological polar surface area (TPSA) is 54.0 Å². The van der Waals surface area contributed by atoms with Crippen molar-refractivity contribution in [3.63, 3.8) is 0 Å². The van der Waals surface area contributed by atoms with E-state index in [0.717, 1.165) is 28.1 Å². The van der Waals surface area contributed by atoms with Crippen LogP contribution in [0, 0.1) is 11.8 Å². The molecule has 1 aliphatic heterocycles. The molecule has 0 atom stereocenters. The van der Waals surface area contributed by atoms with Gasteiger partial charge in [-0.3, -0.25) is 10.00 Å². The molecule has 0 saturated carbocycles. The second-order valence-corrected chi connectivity index (χ2v) is 6.84. The van der Waals surface area contributed by atoms with Crippen LogP contribution in [-0.4, -0.2) is 46.3 Å². The zero-order valence-electron chi connectivity index (χ0n) is 14.4. The summed E-state index contributed by atoms with van der Waals surface area (Å²) in [4.78, 5) is 7.63. The molecular weight excluding hydrogens is 344 g/mol. The molecule has 26 heavy (non-hydrogen) atoms. The Morgan fingerprint density at radius 2 is 2.04 bits per heavy atom. The van der Waals surface area contributed by atoms with Crippen LogP contribution < -0.4 is 4.74 Å². The molecule has 4 rings (SSSR count). The van der Waals surface area contributed by atoms with Crippen molar-refractivity contribution >= 4 is 23.5 Å². The summed E-state index contributed by atoms with van der Waals surface area (Å²) >= 11 is 4.34. The maximum atomic E-state index is 5.85. The van der Waals surface area contributed by atoms with Crippen molar-refractivity contribution in [3.8, 4) is 17.6 Å². The third-order valence-electron chi connectivity index (χ3n) is 4.46. The van der Waals surface area contributed by atoms with Crippen LogP contribution in [-0.2, 0) is 0 Å². The fraction of sp³-hybridized carbons (Fsp3) is 0.300. The molecule has 0 bridgehead atoms. The number of rotatable bonds is 4. The molecule has 0 radical (unpaired) electrons. The average molecular weight is 364 g/mol. The van der Waals surface area contributed by atoms with Gasteiger partial charge in [-0.1, -0.05) is 0 Å². The number of hydrogen-bond donors (Lipinski definition) is 2. The van der Waals surface area contributed by atoms with Gasteiger partial charge < -0.3 is 4.74 Å². The molecular formula is C20H20N4OS. The van der Waals surface area contributed by atoms with E-state index in [-0.39, 0.29) is 0 Å². The largest absolute Gasteiger partial charge is 0.492 e. The SMILES string of the molecule is Sc1ccc2c(C#Cc3cc(OCCN4CCCC4)ccn3)n[nH]c2c1. The minimum Gasteiger partial charge on any atom is -0.492 e. The molecule has 1 saturated heterocycles. The lowest BCUT2D eigenvalue weighted by Gasteiger charge is -2.14. The number of aromatic nitrogens is 3. The first-order valence-corrected chi connectivity index (χ1v) is 9.23. The molecule has 1 fully saturated rings. The Morgan fingerprint density at radius 1 is 1.15 bits per heavy atom. The number of benzene rings is 1. The number of H-pyrrole nitrogens is 1. The van der Waals surface area contributed by atoms with E-state index in [1.165, 1.54) is 25.9 Å². The van der Waals surface area contributed by atoms with Crippen LogP contribution >= 0.6 is 12.6 Å². The molecule has 0 amide bonds. The second-order valence-electron chi connectivity index (χ2n) is 6.33. The molecule has 0 unspecified atom stereocenters. The Bertz CT molecular complexity index is 967. The first-order valence-electron chi connectivity index (χ1n) is 8.78. The number of nitrogens with zero attached hydrogens (tertiary/aromatic N) is 3. The maximum absolute atomic E-state index is 5.85. The molecule has 132 valence electrons. The van der Waals surface area contributed by atoms with Crippen LogP contribution in [0.2, 0.25) is 0 Å². The first-order chi connectivity index (χ1) is 12.8. The molecule has 2 aromatic heterocycles. The maximum Gasteiger partial charge on any atom is 0.143 e. The first kappa shape index (κ1) is 17.0. The number of hydrogen-bond acceptors (Lipinski definition) is 5. The number of thiol groups is 1. The molecule has 3 heterocycles. The highest BCUT2D eigenvalue weighted by Gasteiger charge is 2.10. The van der Waals surface area contributed by atoms with Gasteiger partial charge in [0.25, 0.3) is 0 Å². The van der Waals surface area contributed by atoms with Crippen LogP contribution in [0.25, 0.3) is 10.9 Å². The normalized spacial score (nSPS) is 14.3. The molecule has 1 aromatic carbocycles.